The number of sulfonamides is 1. The molecule has 158 valence electrons. The summed E-state index contributed by atoms with van der Waals surface area (Å²) in [6.45, 7) is -0.337. The van der Waals surface area contributed by atoms with Crippen LogP contribution in [0.4, 0.5) is 13.2 Å². The molecule has 0 atom stereocenters. The summed E-state index contributed by atoms with van der Waals surface area (Å²) in [6, 6.07) is 5.56. The van der Waals surface area contributed by atoms with E-state index in [2.05, 4.69) is 4.98 Å². The number of aromatic nitrogens is 2. The molecule has 1 amide bonds. The van der Waals surface area contributed by atoms with Crippen molar-refractivity contribution < 1.29 is 26.4 Å². The normalized spacial score (nSPS) is 15.6. The van der Waals surface area contributed by atoms with Crippen LogP contribution in [-0.4, -0.2) is 59.4 Å². The molecule has 7 nitrogen and oxygen atoms in total. The molecule has 0 saturated carbocycles. The molecule has 3 rings (SSSR count). The summed E-state index contributed by atoms with van der Waals surface area (Å²) in [7, 11) is -2.13. The van der Waals surface area contributed by atoms with Crippen molar-refractivity contribution in [2.24, 2.45) is 0 Å². The Bertz CT molecular complexity index is 965. The van der Waals surface area contributed by atoms with Crippen LogP contribution in [0.15, 0.2) is 41.6 Å². The van der Waals surface area contributed by atoms with Gasteiger partial charge in [0.1, 0.15) is 12.4 Å². The molecule has 0 N–H and O–H groups in total. The Balaban J connectivity index is 1.70. The van der Waals surface area contributed by atoms with Gasteiger partial charge in [-0.25, -0.2) is 13.4 Å². The van der Waals surface area contributed by atoms with E-state index >= 15 is 0 Å². The highest BCUT2D eigenvalue weighted by Gasteiger charge is 2.29. The Morgan fingerprint density at radius 2 is 1.79 bits per heavy atom. The molecule has 1 saturated heterocycles. The van der Waals surface area contributed by atoms with Gasteiger partial charge in [-0.05, 0) is 37.1 Å². The van der Waals surface area contributed by atoms with Gasteiger partial charge in [0.05, 0.1) is 11.4 Å². The van der Waals surface area contributed by atoms with Crippen molar-refractivity contribution in [3.63, 3.8) is 0 Å². The van der Waals surface area contributed by atoms with Gasteiger partial charge in [0.2, 0.25) is 10.0 Å². The molecule has 0 unspecified atom stereocenters. The average Bonchev–Trinajstić information content (AvgIpc) is 3.33. The molecule has 1 aliphatic heterocycles. The number of benzene rings is 1. The van der Waals surface area contributed by atoms with E-state index in [1.54, 1.807) is 0 Å². The topological polar surface area (TPSA) is 75.5 Å². The molecule has 0 bridgehead atoms. The minimum absolute atomic E-state index is 0.103. The lowest BCUT2D eigenvalue weighted by Gasteiger charge is -2.19. The van der Waals surface area contributed by atoms with Gasteiger partial charge in [-0.2, -0.15) is 17.5 Å². The van der Waals surface area contributed by atoms with Crippen LogP contribution in [0.1, 0.15) is 29.0 Å². The Morgan fingerprint density at radius 3 is 2.38 bits per heavy atom. The summed E-state index contributed by atoms with van der Waals surface area (Å²) < 4.78 is 65.3. The monoisotopic (exact) mass is 430 g/mol. The van der Waals surface area contributed by atoms with Crippen LogP contribution < -0.4 is 0 Å². The third kappa shape index (κ3) is 4.96. The van der Waals surface area contributed by atoms with Crippen LogP contribution in [-0.2, 0) is 23.1 Å². The third-order valence-electron chi connectivity index (χ3n) is 4.68. The lowest BCUT2D eigenvalue weighted by atomic mass is 10.2. The van der Waals surface area contributed by atoms with Gasteiger partial charge in [-0.3, -0.25) is 4.79 Å². The van der Waals surface area contributed by atoms with Crippen molar-refractivity contribution in [2.75, 3.05) is 20.1 Å². The largest absolute Gasteiger partial charge is 0.406 e. The first kappa shape index (κ1) is 21.3. The lowest BCUT2D eigenvalue weighted by Crippen LogP contribution is -2.29. The number of alkyl halides is 3. The molecule has 2 aromatic rings. The van der Waals surface area contributed by atoms with Crippen molar-refractivity contribution in [3.8, 4) is 0 Å². The quantitative estimate of drug-likeness (QED) is 0.706. The van der Waals surface area contributed by atoms with Crippen LogP contribution in [0.3, 0.4) is 0 Å². The van der Waals surface area contributed by atoms with Gasteiger partial charge >= 0.3 is 6.18 Å². The van der Waals surface area contributed by atoms with E-state index in [-0.39, 0.29) is 22.8 Å². The number of hydrogen-bond acceptors (Lipinski definition) is 4. The molecule has 11 heteroatoms. The van der Waals surface area contributed by atoms with Crippen LogP contribution in [0.25, 0.3) is 0 Å². The minimum Gasteiger partial charge on any atom is -0.334 e. The Labute approximate surface area is 166 Å². The Morgan fingerprint density at radius 1 is 1.17 bits per heavy atom. The number of hydrogen-bond donors (Lipinski definition) is 0. The van der Waals surface area contributed by atoms with E-state index in [1.165, 1.54) is 52.9 Å². The fourth-order valence-electron chi connectivity index (χ4n) is 3.18. The second-order valence-corrected chi connectivity index (χ2v) is 8.82. The first-order chi connectivity index (χ1) is 13.6. The predicted molar refractivity (Wildman–Crippen MR) is 98.5 cm³/mol. The smallest absolute Gasteiger partial charge is 0.334 e. The fourth-order valence-corrected chi connectivity index (χ4v) is 4.70. The van der Waals surface area contributed by atoms with Crippen molar-refractivity contribution in [1.29, 1.82) is 0 Å². The molecule has 1 aliphatic rings. The molecule has 29 heavy (non-hydrogen) atoms. The van der Waals surface area contributed by atoms with Crippen LogP contribution in [0.5, 0.6) is 0 Å². The van der Waals surface area contributed by atoms with Crippen LogP contribution >= 0.6 is 0 Å². The molecule has 0 spiro atoms. The number of carbonyl (C=O) groups excluding carboxylic acids is 1. The third-order valence-corrected chi connectivity index (χ3v) is 6.59. The fraction of sp³-hybridized carbons (Fsp3) is 0.444. The summed E-state index contributed by atoms with van der Waals surface area (Å²) in [5.74, 6) is -0.344. The van der Waals surface area contributed by atoms with E-state index in [9.17, 15) is 26.4 Å². The Hall–Kier alpha value is -2.40. The van der Waals surface area contributed by atoms with E-state index in [0.29, 0.717) is 13.1 Å². The molecular formula is C18H21F3N4O3S. The maximum atomic E-state index is 12.6. The maximum Gasteiger partial charge on any atom is 0.406 e. The molecule has 1 aromatic heterocycles. The number of halogens is 3. The van der Waals surface area contributed by atoms with Gasteiger partial charge < -0.3 is 9.47 Å². The summed E-state index contributed by atoms with van der Waals surface area (Å²) in [4.78, 5) is 17.8. The molecule has 0 aliphatic carbocycles. The van der Waals surface area contributed by atoms with E-state index in [0.717, 1.165) is 17.4 Å². The number of nitrogens with zero attached hydrogens (tertiary/aromatic N) is 4. The second kappa shape index (κ2) is 8.15. The zero-order chi connectivity index (χ0) is 21.2. The highest BCUT2D eigenvalue weighted by atomic mass is 32.2. The minimum atomic E-state index is -4.39. The second-order valence-electron chi connectivity index (χ2n) is 6.88. The van der Waals surface area contributed by atoms with Crippen molar-refractivity contribution in [1.82, 2.24) is 18.8 Å². The molecular weight excluding hydrogens is 409 g/mol. The van der Waals surface area contributed by atoms with Crippen molar-refractivity contribution in [2.45, 2.75) is 37.0 Å². The predicted octanol–water partition coefficient (Wildman–Crippen LogP) is 2.50. The number of amides is 1. The van der Waals surface area contributed by atoms with Gasteiger partial charge in [0, 0.05) is 38.1 Å². The first-order valence-corrected chi connectivity index (χ1v) is 10.4. The summed E-state index contributed by atoms with van der Waals surface area (Å²) in [6.07, 6.45) is -0.291. The first-order valence-electron chi connectivity index (χ1n) is 9.00. The average molecular weight is 430 g/mol. The summed E-state index contributed by atoms with van der Waals surface area (Å²) in [5.41, 5.74) is 0.238. The zero-order valence-electron chi connectivity index (χ0n) is 15.8. The van der Waals surface area contributed by atoms with Crippen LogP contribution in [0.2, 0.25) is 0 Å². The van der Waals surface area contributed by atoms with E-state index in [1.807, 2.05) is 0 Å². The summed E-state index contributed by atoms with van der Waals surface area (Å²) in [5, 5.41) is 0. The zero-order valence-corrected chi connectivity index (χ0v) is 16.6. The van der Waals surface area contributed by atoms with Crippen molar-refractivity contribution >= 4 is 15.9 Å². The molecule has 1 aromatic carbocycles. The van der Waals surface area contributed by atoms with E-state index in [4.69, 9.17) is 0 Å². The summed E-state index contributed by atoms with van der Waals surface area (Å²) >= 11 is 0. The maximum absolute atomic E-state index is 12.6. The lowest BCUT2D eigenvalue weighted by molar-refractivity contribution is -0.141. The SMILES string of the molecule is CN(Cc1nccn1CC(F)(F)F)C(=O)c1ccc(S(=O)(=O)N2CCCC2)cc1. The Kier molecular flexibility index (Phi) is 5.99. The number of rotatable bonds is 6. The highest BCUT2D eigenvalue weighted by molar-refractivity contribution is 7.89. The molecule has 1 fully saturated rings. The standard InChI is InChI=1S/C18H21F3N4O3S/c1-23(12-16-22-8-11-24(16)13-18(19,20)21)17(26)14-4-6-15(7-5-14)29(27,28)25-9-2-3-10-25/h4-8,11H,2-3,9-10,12-13H2,1H3. The van der Waals surface area contributed by atoms with Crippen LogP contribution in [0, 0.1) is 0 Å². The van der Waals surface area contributed by atoms with E-state index < -0.39 is 28.7 Å². The number of imidazole rings is 1. The molecule has 2 heterocycles. The van der Waals surface area contributed by atoms with Crippen molar-refractivity contribution in [3.05, 3.63) is 48.0 Å². The number of carbonyl (C=O) groups is 1. The highest BCUT2D eigenvalue weighted by Crippen LogP contribution is 2.22. The molecule has 0 radical (unpaired) electrons. The van der Waals surface area contributed by atoms with Gasteiger partial charge in [-0.15, -0.1) is 0 Å². The van der Waals surface area contributed by atoms with Gasteiger partial charge in [0.25, 0.3) is 5.91 Å². The van der Waals surface area contributed by atoms with Gasteiger partial charge in [0.15, 0.2) is 0 Å². The van der Waals surface area contributed by atoms with Gasteiger partial charge in [-0.1, -0.05) is 0 Å².